The number of fused-ring (bicyclic) bond motifs is 5. The van der Waals surface area contributed by atoms with Gasteiger partial charge in [0.1, 0.15) is 116 Å². The van der Waals surface area contributed by atoms with Crippen LogP contribution in [0.25, 0.3) is 0 Å². The average Bonchev–Trinajstić information content (AvgIpc) is 1.68. The third-order valence-corrected chi connectivity index (χ3v) is 22.9. The van der Waals surface area contributed by atoms with E-state index in [2.05, 4.69) is 26.0 Å². The van der Waals surface area contributed by atoms with Crippen LogP contribution < -0.4 is 29.6 Å². The minimum Gasteiger partial charge on any atom is -0.726 e. The minimum atomic E-state index is -5.13. The standard InChI is InChI=1S/C62H102O31S.Na/c1-23(2)11-10-16-62(9,77)36-13-12-30-29-20-33(32-19-28(93-94(78,79)80)14-17-60(32,7)31(29)15-18-61(30,36)8)86-56-48(75)51(40(67)26(5)83-56)90-58-52(91-54-46(73)43(70)37(64)24(3)82-54)42(69)35(22-81-58)88-59-53(45(72)38(65)25(4)85-59)92-57-49(76)50(39(66)27(6)84-57)89-55-47(74)44(71)41(68)34(21-63)87-55;/h11,15,24-30,32-59,63-77H,10,12-14,16-22H2,1-9H3,(H,78,79,80);/q;+1/p-1/t24?,25?,26?,27?,28-,29?,30?,32?,33-,34?,35?,36?,37?,38?,39?,40?,41?,42?,43?,44?,45?,46?,47?,48?,49?,50?,51?,52?,53?,54?,55?,56?,57?,58?,59?,60+,61-,62-;/m0./s1. The number of ether oxygens (including phenoxy) is 12. The molecule has 6 saturated heterocycles. The summed E-state index contributed by atoms with van der Waals surface area (Å²) in [6.45, 7) is 14.4. The van der Waals surface area contributed by atoms with Crippen molar-refractivity contribution < 1.29 is 180 Å². The van der Waals surface area contributed by atoms with Gasteiger partial charge < -0.3 is 138 Å². The van der Waals surface area contributed by atoms with Crippen LogP contribution in [-0.2, 0) is 71.4 Å². The van der Waals surface area contributed by atoms with Crippen molar-refractivity contribution in [3.8, 4) is 0 Å². The summed E-state index contributed by atoms with van der Waals surface area (Å²) in [5.74, 6) is -0.596. The first-order valence-electron chi connectivity index (χ1n) is 33.0. The first-order valence-corrected chi connectivity index (χ1v) is 34.3. The van der Waals surface area contributed by atoms with Gasteiger partial charge >= 0.3 is 29.6 Å². The van der Waals surface area contributed by atoms with Crippen LogP contribution in [-0.4, -0.2) is 299 Å². The number of hydrogen-bond donors (Lipinski definition) is 15. The average molecular weight is 1400 g/mol. The summed E-state index contributed by atoms with van der Waals surface area (Å²) in [6, 6.07) is 0. The summed E-state index contributed by atoms with van der Waals surface area (Å²) in [4.78, 5) is 0. The van der Waals surface area contributed by atoms with Gasteiger partial charge in [0, 0.05) is 0 Å². The molecule has 95 heavy (non-hydrogen) atoms. The third-order valence-electron chi connectivity index (χ3n) is 22.4. The van der Waals surface area contributed by atoms with Crippen molar-refractivity contribution >= 4 is 10.4 Å². The first-order chi connectivity index (χ1) is 44.0. The van der Waals surface area contributed by atoms with Crippen LogP contribution in [0.15, 0.2) is 23.3 Å². The minimum absolute atomic E-state index is 0. The van der Waals surface area contributed by atoms with Crippen LogP contribution in [0.1, 0.15) is 120 Å². The van der Waals surface area contributed by atoms with Crippen LogP contribution in [0, 0.1) is 34.5 Å². The zero-order valence-electron chi connectivity index (χ0n) is 55.3. The van der Waals surface area contributed by atoms with Crippen molar-refractivity contribution in [2.45, 2.75) is 316 Å². The fourth-order valence-electron chi connectivity index (χ4n) is 17.0. The molecular weight excluding hydrogens is 1300 g/mol. The SMILES string of the molecule is CC(C)=CCC[C@](C)(O)C1CCC2C3C[C@H](OC4OC(C)C(O)C(OC5OCC(OC6OC(C)C(O)C(O)C6OC6OC(C)C(O)C(OC7OC(CO)C(O)C(O)C7O)C6O)C(O)C5OC5OC(C)C(O)C(O)C5O)C4O)C4C[C@@H](OS(=O)(=O)[O-])CC[C@]4(C)C3=CC[C@@]21C.[Na+]. The van der Waals surface area contributed by atoms with E-state index in [1.54, 1.807) is 0 Å². The molecule has 15 N–H and O–H groups in total. The molecule has 6 aliphatic heterocycles. The summed E-state index contributed by atoms with van der Waals surface area (Å²) in [5.41, 5.74) is 0.376. The van der Waals surface area contributed by atoms with E-state index in [4.69, 9.17) is 61.0 Å². The van der Waals surface area contributed by atoms with Gasteiger partial charge in [0.15, 0.2) is 37.7 Å². The van der Waals surface area contributed by atoms with Crippen molar-refractivity contribution in [1.82, 2.24) is 0 Å². The van der Waals surface area contributed by atoms with Gasteiger partial charge in [0.05, 0.1) is 55.4 Å². The summed E-state index contributed by atoms with van der Waals surface area (Å²) in [6.07, 6.45) is -42.9. The molecule has 31 nitrogen and oxygen atoms in total. The molecule has 9 fully saturated rings. The van der Waals surface area contributed by atoms with Crippen molar-refractivity contribution in [2.24, 2.45) is 34.5 Å². The van der Waals surface area contributed by atoms with Gasteiger partial charge in [-0.15, -0.1) is 0 Å². The van der Waals surface area contributed by atoms with Crippen molar-refractivity contribution in [3.05, 3.63) is 23.3 Å². The quantitative estimate of drug-likeness (QED) is 0.0247. The summed E-state index contributed by atoms with van der Waals surface area (Å²) in [5, 5.41) is 169. The predicted molar refractivity (Wildman–Crippen MR) is 315 cm³/mol. The van der Waals surface area contributed by atoms with Crippen LogP contribution >= 0.6 is 0 Å². The first kappa shape index (κ1) is 78.4. The fraction of sp³-hybridized carbons (Fsp3) is 0.935. The Morgan fingerprint density at radius 2 is 1.08 bits per heavy atom. The van der Waals surface area contributed by atoms with Gasteiger partial charge in [-0.3, -0.25) is 4.18 Å². The van der Waals surface area contributed by atoms with Crippen molar-refractivity contribution in [3.63, 3.8) is 0 Å². The van der Waals surface area contributed by atoms with Gasteiger partial charge in [-0.05, 0) is 141 Å². The van der Waals surface area contributed by atoms with Crippen LogP contribution in [0.3, 0.4) is 0 Å². The fourth-order valence-corrected chi connectivity index (χ4v) is 17.5. The van der Waals surface area contributed by atoms with E-state index >= 15 is 0 Å². The molecule has 542 valence electrons. The van der Waals surface area contributed by atoms with E-state index in [0.717, 1.165) is 18.4 Å². The largest absolute Gasteiger partial charge is 1.00 e. The number of hydrogen-bond acceptors (Lipinski definition) is 31. The molecule has 10 aliphatic rings. The number of aliphatic hydroxyl groups is 15. The molecule has 6 heterocycles. The van der Waals surface area contributed by atoms with Crippen molar-refractivity contribution in [2.75, 3.05) is 13.2 Å². The summed E-state index contributed by atoms with van der Waals surface area (Å²) >= 11 is 0. The molecule has 3 saturated carbocycles. The van der Waals surface area contributed by atoms with E-state index in [1.165, 1.54) is 33.3 Å². The summed E-state index contributed by atoms with van der Waals surface area (Å²) < 4.78 is 115. The van der Waals surface area contributed by atoms with E-state index in [-0.39, 0.29) is 65.6 Å². The van der Waals surface area contributed by atoms with Crippen LogP contribution in [0.5, 0.6) is 0 Å². The molecular formula is C62H101NaO31S. The number of aliphatic hydroxyl groups excluding tert-OH is 14. The van der Waals surface area contributed by atoms with E-state index in [1.807, 2.05) is 20.8 Å². The third kappa shape index (κ3) is 15.9. The molecule has 0 bridgehead atoms. The Hall–Kier alpha value is -0.730. The Morgan fingerprint density at radius 3 is 1.66 bits per heavy atom. The zero-order chi connectivity index (χ0) is 68.7. The smallest absolute Gasteiger partial charge is 0.726 e. The molecule has 0 aromatic rings. The Kier molecular flexibility index (Phi) is 25.5. The molecule has 38 atom stereocenters. The number of allylic oxidation sites excluding steroid dienone is 4. The Balaban J connectivity index is 0.0000106. The Labute approximate surface area is 574 Å². The normalized spacial score (nSPS) is 51.8. The maximum atomic E-state index is 12.5. The molecule has 0 radical (unpaired) electrons. The second-order valence-corrected chi connectivity index (χ2v) is 30.0. The van der Waals surface area contributed by atoms with Gasteiger partial charge in [0.2, 0.25) is 10.4 Å². The Bertz CT molecular complexity index is 2710. The van der Waals surface area contributed by atoms with E-state index in [9.17, 15) is 89.6 Å². The van der Waals surface area contributed by atoms with Gasteiger partial charge in [-0.2, -0.15) is 0 Å². The topological polar surface area (TPSA) is 481 Å². The van der Waals surface area contributed by atoms with Gasteiger partial charge in [0.25, 0.3) is 0 Å². The monoisotopic (exact) mass is 1400 g/mol. The molecule has 0 aromatic carbocycles. The molecule has 0 amide bonds. The second-order valence-electron chi connectivity index (χ2n) is 28.9. The van der Waals surface area contributed by atoms with Gasteiger partial charge in [-0.1, -0.05) is 37.1 Å². The van der Waals surface area contributed by atoms with Crippen molar-refractivity contribution in [1.29, 1.82) is 0 Å². The van der Waals surface area contributed by atoms with Gasteiger partial charge in [-0.25, -0.2) is 8.42 Å². The maximum absolute atomic E-state index is 12.5. The molecule has 0 spiro atoms. The maximum Gasteiger partial charge on any atom is 1.00 e. The van der Waals surface area contributed by atoms with Crippen LogP contribution in [0.2, 0.25) is 0 Å². The number of rotatable bonds is 19. The molecule has 10 rings (SSSR count). The molecule has 4 aliphatic carbocycles. The Morgan fingerprint density at radius 1 is 0.589 bits per heavy atom. The van der Waals surface area contributed by atoms with E-state index < -0.39 is 231 Å². The predicted octanol–water partition coefficient (Wildman–Crippen LogP) is -6.42. The molecule has 0 aromatic heterocycles. The second kappa shape index (κ2) is 30.9. The van der Waals surface area contributed by atoms with Crippen LogP contribution in [0.4, 0.5) is 0 Å². The zero-order valence-corrected chi connectivity index (χ0v) is 58.1. The molecule has 33 unspecified atom stereocenters. The van der Waals surface area contributed by atoms with E-state index in [0.29, 0.717) is 32.1 Å². The molecule has 33 heteroatoms. The summed E-state index contributed by atoms with van der Waals surface area (Å²) in [7, 11) is -5.13.